The first-order valence-electron chi connectivity index (χ1n) is 6.97. The molecule has 1 saturated heterocycles. The van der Waals surface area contributed by atoms with Crippen molar-refractivity contribution in [3.05, 3.63) is 27.8 Å². The van der Waals surface area contributed by atoms with E-state index in [1.54, 1.807) is 4.90 Å². The molecule has 1 aromatic carbocycles. The molecule has 4 nitrogen and oxygen atoms in total. The lowest BCUT2D eigenvalue weighted by atomic mass is 10.0. The number of benzene rings is 1. The van der Waals surface area contributed by atoms with Crippen LogP contribution >= 0.6 is 22.6 Å². The summed E-state index contributed by atoms with van der Waals surface area (Å²) in [6.45, 7) is 3.94. The van der Waals surface area contributed by atoms with Gasteiger partial charge in [0.1, 0.15) is 12.1 Å². The molecule has 2 amide bonds. The van der Waals surface area contributed by atoms with E-state index in [1.807, 2.05) is 38.1 Å². The highest BCUT2D eigenvalue weighted by Crippen LogP contribution is 2.25. The number of hydrogen-bond acceptors (Lipinski definition) is 2. The maximum absolute atomic E-state index is 12.6. The fourth-order valence-corrected chi connectivity index (χ4v) is 2.89. The van der Waals surface area contributed by atoms with Crippen molar-refractivity contribution >= 4 is 40.1 Å². The summed E-state index contributed by atoms with van der Waals surface area (Å²) in [6, 6.07) is 6.92. The number of carbonyl (C=O) groups is 2. The fraction of sp³-hybridized carbons (Fsp3) is 0.467. The van der Waals surface area contributed by atoms with Crippen LogP contribution in [0.5, 0.6) is 0 Å². The summed E-state index contributed by atoms with van der Waals surface area (Å²) in [4.78, 5) is 26.5. The molecular weight excluding hydrogens is 367 g/mol. The second kappa shape index (κ2) is 6.56. The molecule has 1 heterocycles. The van der Waals surface area contributed by atoms with Gasteiger partial charge in [-0.25, -0.2) is 0 Å². The molecule has 1 aliphatic heterocycles. The molecule has 0 saturated carbocycles. The Bertz CT molecular complexity index is 501. The van der Waals surface area contributed by atoms with Gasteiger partial charge in [0.05, 0.1) is 0 Å². The van der Waals surface area contributed by atoms with Crippen molar-refractivity contribution in [3.8, 4) is 0 Å². The molecule has 0 spiro atoms. The Balaban J connectivity index is 2.35. The Kier molecular flexibility index (Phi) is 5.01. The largest absolute Gasteiger partial charge is 0.342 e. The average Bonchev–Trinajstić information content (AvgIpc) is 2.43. The minimum Gasteiger partial charge on any atom is -0.342 e. The molecule has 0 aliphatic carbocycles. The molecule has 0 bridgehead atoms. The van der Waals surface area contributed by atoms with Gasteiger partial charge in [-0.15, -0.1) is 0 Å². The van der Waals surface area contributed by atoms with Crippen LogP contribution in [-0.4, -0.2) is 23.9 Å². The summed E-state index contributed by atoms with van der Waals surface area (Å²) in [5.74, 6) is -0.0522. The van der Waals surface area contributed by atoms with Gasteiger partial charge in [-0.1, -0.05) is 20.3 Å². The summed E-state index contributed by atoms with van der Waals surface area (Å²) in [5.41, 5.74) is 0.804. The Morgan fingerprint density at radius 2 is 1.85 bits per heavy atom. The standard InChI is InChI=1S/C15H19IN2O2/c1-3-5-12-15(20)18(13(4-2)14(19)17-12)11-8-6-10(16)7-9-11/h6-9,12-13H,3-5H2,1-2H3,(H,17,19). The highest BCUT2D eigenvalue weighted by molar-refractivity contribution is 14.1. The van der Waals surface area contributed by atoms with Crippen LogP contribution in [0.4, 0.5) is 5.69 Å². The van der Waals surface area contributed by atoms with Crippen LogP contribution in [0.2, 0.25) is 0 Å². The summed E-state index contributed by atoms with van der Waals surface area (Å²) >= 11 is 2.23. The zero-order chi connectivity index (χ0) is 14.7. The van der Waals surface area contributed by atoms with Crippen LogP contribution in [0.25, 0.3) is 0 Å². The van der Waals surface area contributed by atoms with Gasteiger partial charge in [0.2, 0.25) is 11.8 Å². The van der Waals surface area contributed by atoms with E-state index in [9.17, 15) is 9.59 Å². The maximum Gasteiger partial charge on any atom is 0.250 e. The van der Waals surface area contributed by atoms with E-state index < -0.39 is 12.1 Å². The zero-order valence-electron chi connectivity index (χ0n) is 11.7. The number of anilines is 1. The quantitative estimate of drug-likeness (QED) is 0.810. The third-order valence-electron chi connectivity index (χ3n) is 3.54. The SMILES string of the molecule is CCCC1NC(=O)C(CC)N(c2ccc(I)cc2)C1=O. The molecular formula is C15H19IN2O2. The van der Waals surface area contributed by atoms with Gasteiger partial charge in [0, 0.05) is 9.26 Å². The Hall–Kier alpha value is -1.11. The molecule has 0 aromatic heterocycles. The molecule has 1 aromatic rings. The van der Waals surface area contributed by atoms with Gasteiger partial charge in [-0.3, -0.25) is 14.5 Å². The molecule has 5 heteroatoms. The lowest BCUT2D eigenvalue weighted by molar-refractivity contribution is -0.134. The topological polar surface area (TPSA) is 49.4 Å². The number of amides is 2. The predicted octanol–water partition coefficient (Wildman–Crippen LogP) is 2.70. The first kappa shape index (κ1) is 15.3. The normalized spacial score (nSPS) is 22.9. The molecule has 20 heavy (non-hydrogen) atoms. The zero-order valence-corrected chi connectivity index (χ0v) is 13.9. The van der Waals surface area contributed by atoms with E-state index >= 15 is 0 Å². The molecule has 1 aliphatic rings. The molecule has 108 valence electrons. The van der Waals surface area contributed by atoms with E-state index in [2.05, 4.69) is 27.9 Å². The van der Waals surface area contributed by atoms with E-state index in [0.29, 0.717) is 12.8 Å². The highest BCUT2D eigenvalue weighted by Gasteiger charge is 2.39. The van der Waals surface area contributed by atoms with Gasteiger partial charge in [-0.05, 0) is 59.7 Å². The monoisotopic (exact) mass is 386 g/mol. The molecule has 0 radical (unpaired) electrons. The number of halogens is 1. The third kappa shape index (κ3) is 2.97. The second-order valence-corrected chi connectivity index (χ2v) is 6.20. The first-order chi connectivity index (χ1) is 9.58. The average molecular weight is 386 g/mol. The van der Waals surface area contributed by atoms with Crippen LogP contribution in [0.1, 0.15) is 33.1 Å². The Labute approximate surface area is 133 Å². The van der Waals surface area contributed by atoms with Gasteiger partial charge in [0.15, 0.2) is 0 Å². The number of nitrogens with one attached hydrogen (secondary N) is 1. The van der Waals surface area contributed by atoms with Gasteiger partial charge >= 0.3 is 0 Å². The van der Waals surface area contributed by atoms with E-state index in [0.717, 1.165) is 15.7 Å². The smallest absolute Gasteiger partial charge is 0.250 e. The van der Waals surface area contributed by atoms with Gasteiger partial charge in [0.25, 0.3) is 0 Å². The van der Waals surface area contributed by atoms with E-state index in [1.165, 1.54) is 0 Å². The van der Waals surface area contributed by atoms with Crippen molar-refractivity contribution in [2.75, 3.05) is 4.90 Å². The lowest BCUT2D eigenvalue weighted by Crippen LogP contribution is -2.63. The molecule has 2 rings (SSSR count). The Morgan fingerprint density at radius 1 is 1.20 bits per heavy atom. The molecule has 1 N–H and O–H groups in total. The third-order valence-corrected chi connectivity index (χ3v) is 4.25. The number of carbonyl (C=O) groups excluding carboxylic acids is 2. The van der Waals surface area contributed by atoms with Crippen molar-refractivity contribution < 1.29 is 9.59 Å². The lowest BCUT2D eigenvalue weighted by Gasteiger charge is -2.38. The van der Waals surface area contributed by atoms with Crippen molar-refractivity contribution in [2.45, 2.75) is 45.2 Å². The van der Waals surface area contributed by atoms with E-state index in [4.69, 9.17) is 0 Å². The number of hydrogen-bond donors (Lipinski definition) is 1. The molecule has 2 unspecified atom stereocenters. The predicted molar refractivity (Wildman–Crippen MR) is 87.6 cm³/mol. The van der Waals surface area contributed by atoms with Crippen LogP contribution in [0, 0.1) is 3.57 Å². The second-order valence-electron chi connectivity index (χ2n) is 4.96. The number of rotatable bonds is 4. The van der Waals surface area contributed by atoms with Crippen molar-refractivity contribution in [1.82, 2.24) is 5.32 Å². The summed E-state index contributed by atoms with van der Waals surface area (Å²) in [6.07, 6.45) is 2.16. The fourth-order valence-electron chi connectivity index (χ4n) is 2.53. The highest BCUT2D eigenvalue weighted by atomic mass is 127. The number of nitrogens with zero attached hydrogens (tertiary/aromatic N) is 1. The molecule has 2 atom stereocenters. The summed E-state index contributed by atoms with van der Waals surface area (Å²) in [5, 5.41) is 2.85. The minimum atomic E-state index is -0.407. The summed E-state index contributed by atoms with van der Waals surface area (Å²) in [7, 11) is 0. The van der Waals surface area contributed by atoms with Gasteiger partial charge in [-0.2, -0.15) is 0 Å². The van der Waals surface area contributed by atoms with Crippen LogP contribution in [0.3, 0.4) is 0 Å². The molecule has 1 fully saturated rings. The minimum absolute atomic E-state index is 0.000455. The first-order valence-corrected chi connectivity index (χ1v) is 8.05. The maximum atomic E-state index is 12.6. The van der Waals surface area contributed by atoms with Crippen LogP contribution in [0.15, 0.2) is 24.3 Å². The number of piperazine rings is 1. The van der Waals surface area contributed by atoms with Crippen molar-refractivity contribution in [2.24, 2.45) is 0 Å². The summed E-state index contributed by atoms with van der Waals surface area (Å²) < 4.78 is 1.11. The van der Waals surface area contributed by atoms with Crippen LogP contribution < -0.4 is 10.2 Å². The van der Waals surface area contributed by atoms with Crippen molar-refractivity contribution in [3.63, 3.8) is 0 Å². The van der Waals surface area contributed by atoms with Crippen LogP contribution in [-0.2, 0) is 9.59 Å². The Morgan fingerprint density at radius 3 is 2.40 bits per heavy atom. The van der Waals surface area contributed by atoms with E-state index in [-0.39, 0.29) is 11.8 Å². The van der Waals surface area contributed by atoms with Gasteiger partial charge < -0.3 is 5.32 Å². The van der Waals surface area contributed by atoms with Crippen molar-refractivity contribution in [1.29, 1.82) is 0 Å².